The van der Waals surface area contributed by atoms with Crippen LogP contribution >= 0.6 is 0 Å². The molecule has 2 aliphatic rings. The van der Waals surface area contributed by atoms with Crippen LogP contribution in [0.4, 0.5) is 0 Å². The number of hydrogen-bond donors (Lipinski definition) is 1. The molecule has 27 heavy (non-hydrogen) atoms. The second-order valence-corrected chi connectivity index (χ2v) is 7.76. The summed E-state index contributed by atoms with van der Waals surface area (Å²) >= 11 is 0. The summed E-state index contributed by atoms with van der Waals surface area (Å²) < 4.78 is 0. The number of rotatable bonds is 6. The van der Waals surface area contributed by atoms with Crippen molar-refractivity contribution in [3.63, 3.8) is 0 Å². The second-order valence-electron chi connectivity index (χ2n) is 7.76. The van der Waals surface area contributed by atoms with Gasteiger partial charge in [0, 0.05) is 31.7 Å². The zero-order chi connectivity index (χ0) is 19.4. The Morgan fingerprint density at radius 3 is 2.33 bits per heavy atom. The van der Waals surface area contributed by atoms with Crippen molar-refractivity contribution in [1.29, 1.82) is 5.26 Å². The number of carbonyl (C=O) groups is 2. The van der Waals surface area contributed by atoms with Crippen molar-refractivity contribution in [1.82, 2.24) is 15.1 Å². The highest BCUT2D eigenvalue weighted by atomic mass is 16.2. The average molecular weight is 368 g/mol. The van der Waals surface area contributed by atoms with Gasteiger partial charge in [-0.2, -0.15) is 5.26 Å². The van der Waals surface area contributed by atoms with E-state index in [0.717, 1.165) is 19.3 Å². The molecule has 1 aromatic carbocycles. The fraction of sp³-hybridized carbons (Fsp3) is 0.571. The molecular weight excluding hydrogens is 340 g/mol. The van der Waals surface area contributed by atoms with Gasteiger partial charge in [-0.15, -0.1) is 0 Å². The molecule has 2 fully saturated rings. The molecule has 6 heteroatoms. The lowest BCUT2D eigenvalue weighted by Gasteiger charge is -2.35. The summed E-state index contributed by atoms with van der Waals surface area (Å²) in [5, 5.41) is 12.3. The van der Waals surface area contributed by atoms with E-state index in [2.05, 4.69) is 18.3 Å². The fourth-order valence-corrected chi connectivity index (χ4v) is 3.59. The monoisotopic (exact) mass is 368 g/mol. The number of aryl methyl sites for hydroxylation is 1. The van der Waals surface area contributed by atoms with Gasteiger partial charge < -0.3 is 10.2 Å². The van der Waals surface area contributed by atoms with E-state index in [1.54, 1.807) is 0 Å². The van der Waals surface area contributed by atoms with Gasteiger partial charge in [0.25, 0.3) is 5.91 Å². The Balaban J connectivity index is 1.47. The molecule has 6 nitrogen and oxygen atoms in total. The van der Waals surface area contributed by atoms with Gasteiger partial charge >= 0.3 is 0 Å². The lowest BCUT2D eigenvalue weighted by atomic mass is 9.98. The van der Waals surface area contributed by atoms with E-state index in [9.17, 15) is 14.9 Å². The Morgan fingerprint density at radius 2 is 1.81 bits per heavy atom. The molecule has 1 aromatic rings. The van der Waals surface area contributed by atoms with Crippen LogP contribution in [0, 0.1) is 17.2 Å². The van der Waals surface area contributed by atoms with Crippen molar-refractivity contribution in [2.75, 3.05) is 32.7 Å². The van der Waals surface area contributed by atoms with Crippen molar-refractivity contribution in [2.24, 2.45) is 5.92 Å². The van der Waals surface area contributed by atoms with Gasteiger partial charge in [0.05, 0.1) is 12.6 Å². The molecule has 0 aromatic heterocycles. The van der Waals surface area contributed by atoms with Gasteiger partial charge in [-0.1, -0.05) is 19.1 Å². The number of hydrogen-bond acceptors (Lipinski definition) is 4. The van der Waals surface area contributed by atoms with E-state index >= 15 is 0 Å². The molecule has 1 atom stereocenters. The summed E-state index contributed by atoms with van der Waals surface area (Å²) in [6.45, 7) is 6.73. The van der Waals surface area contributed by atoms with E-state index in [-0.39, 0.29) is 24.3 Å². The van der Waals surface area contributed by atoms with Crippen LogP contribution in [0.2, 0.25) is 0 Å². The van der Waals surface area contributed by atoms with E-state index < -0.39 is 5.54 Å². The third-order valence-electron chi connectivity index (χ3n) is 5.66. The van der Waals surface area contributed by atoms with Crippen molar-refractivity contribution < 1.29 is 9.59 Å². The number of piperazine rings is 1. The molecule has 0 spiro atoms. The largest absolute Gasteiger partial charge is 0.337 e. The summed E-state index contributed by atoms with van der Waals surface area (Å²) in [6, 6.07) is 10.0. The molecule has 1 unspecified atom stereocenters. The highest BCUT2D eigenvalue weighted by molar-refractivity contribution is 5.94. The Morgan fingerprint density at radius 1 is 1.19 bits per heavy atom. The van der Waals surface area contributed by atoms with Crippen molar-refractivity contribution in [3.8, 4) is 6.07 Å². The summed E-state index contributed by atoms with van der Waals surface area (Å²) in [5.74, 6) is 0.216. The number of nitriles is 1. The SMILES string of the molecule is CCc1ccc(C(=O)N2CCN(CC(=O)NC(C)(C#N)C3CC3)CC2)cc1. The van der Waals surface area contributed by atoms with Crippen molar-refractivity contribution in [2.45, 2.75) is 38.6 Å². The van der Waals surface area contributed by atoms with Gasteiger partial charge in [-0.05, 0) is 49.8 Å². The van der Waals surface area contributed by atoms with Crippen LogP contribution in [-0.2, 0) is 11.2 Å². The molecule has 1 heterocycles. The third kappa shape index (κ3) is 4.67. The molecule has 1 saturated heterocycles. The molecule has 144 valence electrons. The van der Waals surface area contributed by atoms with Crippen LogP contribution in [0.5, 0.6) is 0 Å². The first-order chi connectivity index (χ1) is 12.9. The van der Waals surface area contributed by atoms with Gasteiger partial charge in [0.2, 0.25) is 5.91 Å². The maximum Gasteiger partial charge on any atom is 0.253 e. The summed E-state index contributed by atoms with van der Waals surface area (Å²) in [6.07, 6.45) is 2.97. The molecule has 0 bridgehead atoms. The number of carbonyl (C=O) groups excluding carboxylic acids is 2. The zero-order valence-electron chi connectivity index (χ0n) is 16.2. The second kappa shape index (κ2) is 8.10. The highest BCUT2D eigenvalue weighted by Gasteiger charge is 2.43. The first-order valence-electron chi connectivity index (χ1n) is 9.78. The smallest absolute Gasteiger partial charge is 0.253 e. The van der Waals surface area contributed by atoms with Crippen LogP contribution in [-0.4, -0.2) is 59.9 Å². The normalized spacial score (nSPS) is 19.8. The summed E-state index contributed by atoms with van der Waals surface area (Å²) in [5.41, 5.74) is 1.19. The van der Waals surface area contributed by atoms with E-state index in [4.69, 9.17) is 0 Å². The molecule has 3 rings (SSSR count). The first-order valence-corrected chi connectivity index (χ1v) is 9.78. The first kappa shape index (κ1) is 19.4. The maximum atomic E-state index is 12.6. The van der Waals surface area contributed by atoms with Gasteiger partial charge in [-0.3, -0.25) is 14.5 Å². The van der Waals surface area contributed by atoms with E-state index in [1.165, 1.54) is 5.56 Å². The number of nitrogens with one attached hydrogen (secondary N) is 1. The van der Waals surface area contributed by atoms with Crippen LogP contribution in [0.1, 0.15) is 42.6 Å². The number of benzene rings is 1. The zero-order valence-corrected chi connectivity index (χ0v) is 16.2. The number of amides is 2. The highest BCUT2D eigenvalue weighted by Crippen LogP contribution is 2.39. The summed E-state index contributed by atoms with van der Waals surface area (Å²) in [7, 11) is 0. The molecule has 1 N–H and O–H groups in total. The van der Waals surface area contributed by atoms with Crippen molar-refractivity contribution in [3.05, 3.63) is 35.4 Å². The fourth-order valence-electron chi connectivity index (χ4n) is 3.59. The van der Waals surface area contributed by atoms with Gasteiger partial charge in [0.1, 0.15) is 5.54 Å². The molecule has 0 radical (unpaired) electrons. The Bertz CT molecular complexity index is 728. The van der Waals surface area contributed by atoms with Crippen molar-refractivity contribution >= 4 is 11.8 Å². The minimum absolute atomic E-state index is 0.0487. The number of nitrogens with zero attached hydrogens (tertiary/aromatic N) is 3. The van der Waals surface area contributed by atoms with Crippen LogP contribution < -0.4 is 5.32 Å². The summed E-state index contributed by atoms with van der Waals surface area (Å²) in [4.78, 5) is 28.9. The van der Waals surface area contributed by atoms with Crippen LogP contribution in [0.3, 0.4) is 0 Å². The van der Waals surface area contributed by atoms with E-state index in [0.29, 0.717) is 31.7 Å². The Kier molecular flexibility index (Phi) is 5.81. The lowest BCUT2D eigenvalue weighted by Crippen LogP contribution is -2.54. The maximum absolute atomic E-state index is 12.6. The molecule has 1 saturated carbocycles. The van der Waals surface area contributed by atoms with Gasteiger partial charge in [-0.25, -0.2) is 0 Å². The topological polar surface area (TPSA) is 76.4 Å². The Hall–Kier alpha value is -2.39. The molecular formula is C21H28N4O2. The van der Waals surface area contributed by atoms with E-state index in [1.807, 2.05) is 41.0 Å². The predicted molar refractivity (Wildman–Crippen MR) is 103 cm³/mol. The molecule has 1 aliphatic heterocycles. The minimum Gasteiger partial charge on any atom is -0.337 e. The van der Waals surface area contributed by atoms with Crippen LogP contribution in [0.25, 0.3) is 0 Å². The molecule has 1 aliphatic carbocycles. The third-order valence-corrected chi connectivity index (χ3v) is 5.66. The molecule has 2 amide bonds. The van der Waals surface area contributed by atoms with Crippen LogP contribution in [0.15, 0.2) is 24.3 Å². The average Bonchev–Trinajstić information content (AvgIpc) is 3.54. The van der Waals surface area contributed by atoms with Gasteiger partial charge in [0.15, 0.2) is 0 Å². The standard InChI is InChI=1S/C21H28N4O2/c1-3-16-4-6-17(7-5-16)20(27)25-12-10-24(11-13-25)14-19(26)23-21(2,15-22)18-8-9-18/h4-7,18H,3,8-14H2,1-2H3,(H,23,26). The predicted octanol–water partition coefficient (Wildman–Crippen LogP) is 1.82. The lowest BCUT2D eigenvalue weighted by molar-refractivity contribution is -0.124. The Labute approximate surface area is 161 Å². The quantitative estimate of drug-likeness (QED) is 0.831. The minimum atomic E-state index is -0.750.